The van der Waals surface area contributed by atoms with Crippen LogP contribution in [0.15, 0.2) is 24.3 Å². The second-order valence-corrected chi connectivity index (χ2v) is 5.03. The number of rotatable bonds is 7. The number of epoxide rings is 1. The van der Waals surface area contributed by atoms with E-state index in [1.54, 1.807) is 6.07 Å². The Morgan fingerprint density at radius 2 is 2.33 bits per heavy atom. The van der Waals surface area contributed by atoms with Crippen molar-refractivity contribution in [2.45, 2.75) is 12.5 Å². The number of H-pyrrole nitrogens is 1. The molecule has 1 fully saturated rings. The van der Waals surface area contributed by atoms with E-state index in [-0.39, 0.29) is 18.6 Å². The van der Waals surface area contributed by atoms with E-state index in [9.17, 15) is 4.79 Å². The lowest BCUT2D eigenvalue weighted by atomic mass is 10.2. The van der Waals surface area contributed by atoms with Gasteiger partial charge in [-0.15, -0.1) is 0 Å². The molecule has 1 atom stereocenters. The number of aromatic nitrogens is 1. The van der Waals surface area contributed by atoms with Gasteiger partial charge in [0.1, 0.15) is 24.2 Å². The van der Waals surface area contributed by atoms with Gasteiger partial charge >= 0.3 is 0 Å². The summed E-state index contributed by atoms with van der Waals surface area (Å²) < 4.78 is 10.7. The molecule has 2 heterocycles. The Kier molecular flexibility index (Phi) is 4.08. The Hall–Kier alpha value is -2.05. The number of aliphatic hydroxyl groups is 1. The van der Waals surface area contributed by atoms with Crippen LogP contribution in [0.1, 0.15) is 16.9 Å². The summed E-state index contributed by atoms with van der Waals surface area (Å²) in [7, 11) is 0. The van der Waals surface area contributed by atoms with E-state index in [1.165, 1.54) is 0 Å². The van der Waals surface area contributed by atoms with Gasteiger partial charge in [-0.3, -0.25) is 4.79 Å². The van der Waals surface area contributed by atoms with Gasteiger partial charge in [0.05, 0.1) is 6.61 Å². The fraction of sp³-hybridized carbons (Fsp3) is 0.400. The van der Waals surface area contributed by atoms with E-state index in [1.807, 2.05) is 18.2 Å². The summed E-state index contributed by atoms with van der Waals surface area (Å²) in [6.45, 7) is 1.85. The molecule has 3 rings (SSSR count). The predicted octanol–water partition coefficient (Wildman–Crippen LogP) is 1.06. The maximum absolute atomic E-state index is 11.9. The fourth-order valence-electron chi connectivity index (χ4n) is 2.05. The van der Waals surface area contributed by atoms with Crippen LogP contribution in [-0.4, -0.2) is 48.5 Å². The minimum absolute atomic E-state index is 0.0678. The molecule has 0 saturated carbocycles. The van der Waals surface area contributed by atoms with E-state index in [0.717, 1.165) is 23.3 Å². The number of hydrogen-bond acceptors (Lipinski definition) is 4. The molecule has 0 bridgehead atoms. The first-order chi connectivity index (χ1) is 10.3. The highest BCUT2D eigenvalue weighted by Gasteiger charge is 2.23. The summed E-state index contributed by atoms with van der Waals surface area (Å²) in [5, 5.41) is 12.4. The number of carbonyl (C=O) groups is 1. The number of carbonyl (C=O) groups excluding carboxylic acids is 1. The van der Waals surface area contributed by atoms with Gasteiger partial charge in [0.15, 0.2) is 0 Å². The molecule has 2 aromatic rings. The van der Waals surface area contributed by atoms with E-state index < -0.39 is 0 Å². The van der Waals surface area contributed by atoms with Crippen molar-refractivity contribution in [1.82, 2.24) is 10.3 Å². The quantitative estimate of drug-likeness (QED) is 0.525. The van der Waals surface area contributed by atoms with E-state index in [4.69, 9.17) is 14.6 Å². The lowest BCUT2D eigenvalue weighted by molar-refractivity contribution is 0.0947. The van der Waals surface area contributed by atoms with Crippen molar-refractivity contribution in [3.05, 3.63) is 30.0 Å². The molecule has 1 aliphatic rings. The van der Waals surface area contributed by atoms with Gasteiger partial charge in [-0.25, -0.2) is 0 Å². The molecule has 6 nitrogen and oxygen atoms in total. The Morgan fingerprint density at radius 3 is 3.10 bits per heavy atom. The van der Waals surface area contributed by atoms with Crippen molar-refractivity contribution < 1.29 is 19.4 Å². The molecule has 1 saturated heterocycles. The largest absolute Gasteiger partial charge is 0.491 e. The first-order valence-corrected chi connectivity index (χ1v) is 7.02. The molecule has 1 unspecified atom stereocenters. The molecule has 0 aliphatic carbocycles. The van der Waals surface area contributed by atoms with Crippen LogP contribution in [-0.2, 0) is 4.74 Å². The van der Waals surface area contributed by atoms with Gasteiger partial charge in [-0.2, -0.15) is 0 Å². The summed E-state index contributed by atoms with van der Waals surface area (Å²) in [5.74, 6) is 0.595. The lowest BCUT2D eigenvalue weighted by Gasteiger charge is -2.03. The molecule has 1 amide bonds. The fourth-order valence-corrected chi connectivity index (χ4v) is 2.05. The third-order valence-corrected chi connectivity index (χ3v) is 3.30. The van der Waals surface area contributed by atoms with Crippen LogP contribution < -0.4 is 10.1 Å². The highest BCUT2D eigenvalue weighted by molar-refractivity contribution is 5.98. The minimum Gasteiger partial charge on any atom is -0.491 e. The Morgan fingerprint density at radius 1 is 1.48 bits per heavy atom. The number of fused-ring (bicyclic) bond motifs is 1. The molecule has 1 aliphatic heterocycles. The number of hydrogen-bond donors (Lipinski definition) is 3. The highest BCUT2D eigenvalue weighted by Crippen LogP contribution is 2.22. The van der Waals surface area contributed by atoms with Gasteiger partial charge in [0.2, 0.25) is 0 Å². The minimum atomic E-state index is -0.173. The number of ether oxygens (including phenoxy) is 2. The zero-order valence-electron chi connectivity index (χ0n) is 11.6. The lowest BCUT2D eigenvalue weighted by Crippen LogP contribution is -2.25. The van der Waals surface area contributed by atoms with Gasteiger partial charge in [-0.1, -0.05) is 0 Å². The Bertz CT molecular complexity index is 634. The van der Waals surface area contributed by atoms with Crippen molar-refractivity contribution >= 4 is 16.8 Å². The smallest absolute Gasteiger partial charge is 0.267 e. The first kappa shape index (κ1) is 13.9. The van der Waals surface area contributed by atoms with Crippen LogP contribution in [0.4, 0.5) is 0 Å². The van der Waals surface area contributed by atoms with E-state index >= 15 is 0 Å². The van der Waals surface area contributed by atoms with E-state index in [2.05, 4.69) is 10.3 Å². The van der Waals surface area contributed by atoms with Gasteiger partial charge < -0.3 is 24.9 Å². The average Bonchev–Trinajstić information content (AvgIpc) is 3.22. The van der Waals surface area contributed by atoms with Crippen molar-refractivity contribution in [3.63, 3.8) is 0 Å². The van der Waals surface area contributed by atoms with Gasteiger partial charge in [0.25, 0.3) is 5.91 Å². The van der Waals surface area contributed by atoms with Crippen LogP contribution in [0.3, 0.4) is 0 Å². The summed E-state index contributed by atoms with van der Waals surface area (Å²) in [5.41, 5.74) is 1.39. The molecule has 3 N–H and O–H groups in total. The molecular formula is C15H18N2O4. The zero-order chi connectivity index (χ0) is 14.7. The van der Waals surface area contributed by atoms with Crippen LogP contribution >= 0.6 is 0 Å². The maximum Gasteiger partial charge on any atom is 0.267 e. The van der Waals surface area contributed by atoms with Crippen molar-refractivity contribution in [2.24, 2.45) is 0 Å². The number of nitrogens with one attached hydrogen (secondary N) is 2. The normalized spacial score (nSPS) is 16.9. The highest BCUT2D eigenvalue weighted by atomic mass is 16.6. The topological polar surface area (TPSA) is 86.9 Å². The third kappa shape index (κ3) is 3.53. The van der Waals surface area contributed by atoms with Crippen molar-refractivity contribution in [3.8, 4) is 5.75 Å². The van der Waals surface area contributed by atoms with Crippen LogP contribution in [0.25, 0.3) is 10.9 Å². The summed E-state index contributed by atoms with van der Waals surface area (Å²) in [6.07, 6.45) is 0.771. The predicted molar refractivity (Wildman–Crippen MR) is 77.6 cm³/mol. The number of amides is 1. The molecule has 21 heavy (non-hydrogen) atoms. The maximum atomic E-state index is 11.9. The number of benzene rings is 1. The van der Waals surface area contributed by atoms with Gasteiger partial charge in [0, 0.05) is 24.1 Å². The average molecular weight is 290 g/mol. The molecule has 1 aromatic heterocycles. The van der Waals surface area contributed by atoms with E-state index in [0.29, 0.717) is 25.3 Å². The molecule has 112 valence electrons. The first-order valence-electron chi connectivity index (χ1n) is 7.02. The second-order valence-electron chi connectivity index (χ2n) is 5.03. The molecule has 1 aromatic carbocycles. The summed E-state index contributed by atoms with van der Waals surface area (Å²) in [4.78, 5) is 15.0. The van der Waals surface area contributed by atoms with Crippen molar-refractivity contribution in [2.75, 3.05) is 26.4 Å². The third-order valence-electron chi connectivity index (χ3n) is 3.30. The van der Waals surface area contributed by atoms with Crippen LogP contribution in [0.2, 0.25) is 0 Å². The molecular weight excluding hydrogens is 272 g/mol. The SMILES string of the molecule is O=C(NCCCO)c1cc2cc(OCC3CO3)ccc2[nH]1. The summed E-state index contributed by atoms with van der Waals surface area (Å²) >= 11 is 0. The van der Waals surface area contributed by atoms with Gasteiger partial charge in [-0.05, 0) is 30.7 Å². The standard InChI is InChI=1S/C15H18N2O4/c18-5-1-4-16-15(19)14-7-10-6-11(2-3-13(10)17-14)20-8-12-9-21-12/h2-3,6-7,12,17-18H,1,4-5,8-9H2,(H,16,19). The second kappa shape index (κ2) is 6.15. The van der Waals surface area contributed by atoms with Crippen LogP contribution in [0.5, 0.6) is 5.75 Å². The monoisotopic (exact) mass is 290 g/mol. The van der Waals surface area contributed by atoms with Crippen LogP contribution in [0, 0.1) is 0 Å². The molecule has 0 radical (unpaired) electrons. The molecule has 0 spiro atoms. The molecule has 6 heteroatoms. The number of aliphatic hydroxyl groups excluding tert-OH is 1. The Balaban J connectivity index is 1.68. The summed E-state index contributed by atoms with van der Waals surface area (Å²) in [6, 6.07) is 7.46. The van der Waals surface area contributed by atoms with Crippen molar-refractivity contribution in [1.29, 1.82) is 0 Å². The zero-order valence-corrected chi connectivity index (χ0v) is 11.6. The Labute approximate surface area is 122 Å². The number of aromatic amines is 1.